The third-order valence-electron chi connectivity index (χ3n) is 7.86. The lowest BCUT2D eigenvalue weighted by molar-refractivity contribution is -0.137. The minimum Gasteiger partial charge on any atom is -0.367 e. The Hall–Kier alpha value is -1.68. The Balaban J connectivity index is 1.37. The van der Waals surface area contributed by atoms with Crippen molar-refractivity contribution in [3.63, 3.8) is 0 Å². The molecule has 2 saturated carbocycles. The molecule has 1 aliphatic heterocycles. The normalized spacial score (nSPS) is 29.5. The number of hydrogen-bond acceptors (Lipinski definition) is 5. The summed E-state index contributed by atoms with van der Waals surface area (Å²) in [6.45, 7) is 4.68. The number of nitrogens with one attached hydrogen (secondary N) is 1. The number of Topliss-reactive ketones (excluding diaryl/α,β-unsaturated/α-hetero) is 1. The molecule has 0 amide bonds. The summed E-state index contributed by atoms with van der Waals surface area (Å²) in [4.78, 5) is 16.5. The molecule has 31 heavy (non-hydrogen) atoms. The summed E-state index contributed by atoms with van der Waals surface area (Å²) in [5.41, 5.74) is -1.89. The van der Waals surface area contributed by atoms with Crippen LogP contribution >= 0.6 is 0 Å². The Bertz CT molecular complexity index is 954. The van der Waals surface area contributed by atoms with E-state index >= 15 is 0 Å². The zero-order valence-electron chi connectivity index (χ0n) is 17.7. The maximum Gasteiger partial charge on any atom is 0.417 e. The van der Waals surface area contributed by atoms with Gasteiger partial charge in [0.2, 0.25) is 10.0 Å². The first-order chi connectivity index (χ1) is 14.3. The molecule has 2 heterocycles. The molecule has 0 unspecified atom stereocenters. The van der Waals surface area contributed by atoms with Crippen LogP contribution in [0.15, 0.2) is 18.3 Å². The lowest BCUT2D eigenvalue weighted by Gasteiger charge is -2.39. The highest BCUT2D eigenvalue weighted by Crippen LogP contribution is 2.64. The van der Waals surface area contributed by atoms with E-state index in [1.54, 1.807) is 0 Å². The highest BCUT2D eigenvalue weighted by molar-refractivity contribution is 7.89. The molecule has 0 radical (unpaired) electrons. The number of sulfonamides is 1. The third kappa shape index (κ3) is 3.86. The topological polar surface area (TPSA) is 79.4 Å². The number of halogens is 3. The molecule has 2 aliphatic carbocycles. The van der Waals surface area contributed by atoms with Crippen LogP contribution in [0.1, 0.15) is 51.5 Å². The van der Waals surface area contributed by atoms with Gasteiger partial charge in [-0.3, -0.25) is 4.79 Å². The standard InChI is InChI=1S/C21H28F3N3O3S/c1-19(2)14-5-8-20(19,17(28)11-14)13-31(29,30)27-9-6-16(7-10-27)26-18-4-3-15(12-25-18)21(22,23)24/h3-4,12,14,16H,5-11,13H2,1-2H3,(H,25,26)/t14-,20-/m1/s1. The second kappa shape index (κ2) is 7.43. The van der Waals surface area contributed by atoms with Crippen LogP contribution in [0.25, 0.3) is 0 Å². The Morgan fingerprint density at radius 3 is 2.35 bits per heavy atom. The van der Waals surface area contributed by atoms with Crippen molar-refractivity contribution < 1.29 is 26.4 Å². The number of carbonyl (C=O) groups is 1. The first-order valence-corrected chi connectivity index (χ1v) is 12.3. The predicted molar refractivity (Wildman–Crippen MR) is 110 cm³/mol. The molecule has 1 aromatic heterocycles. The van der Waals surface area contributed by atoms with E-state index in [0.717, 1.165) is 18.7 Å². The van der Waals surface area contributed by atoms with Crippen LogP contribution < -0.4 is 5.32 Å². The fraction of sp³-hybridized carbons (Fsp3) is 0.714. The molecule has 3 fully saturated rings. The van der Waals surface area contributed by atoms with Gasteiger partial charge in [0.05, 0.1) is 11.3 Å². The fourth-order valence-corrected chi connectivity index (χ4v) is 7.90. The number of rotatable bonds is 5. The molecular weight excluding hydrogens is 431 g/mol. The summed E-state index contributed by atoms with van der Waals surface area (Å²) in [7, 11) is -3.59. The molecule has 1 saturated heterocycles. The van der Waals surface area contributed by atoms with Gasteiger partial charge in [-0.2, -0.15) is 13.2 Å². The van der Waals surface area contributed by atoms with Crippen LogP contribution in [0.3, 0.4) is 0 Å². The second-order valence-corrected chi connectivity index (χ2v) is 11.6. The minimum atomic E-state index is -4.43. The van der Waals surface area contributed by atoms with Crippen molar-refractivity contribution >= 4 is 21.6 Å². The van der Waals surface area contributed by atoms with E-state index < -0.39 is 27.2 Å². The summed E-state index contributed by atoms with van der Waals surface area (Å²) < 4.78 is 65.8. The Kier molecular flexibility index (Phi) is 5.40. The summed E-state index contributed by atoms with van der Waals surface area (Å²) in [6, 6.07) is 2.19. The molecule has 2 atom stereocenters. The van der Waals surface area contributed by atoms with Crippen LogP contribution in [-0.2, 0) is 21.0 Å². The smallest absolute Gasteiger partial charge is 0.367 e. The number of nitrogens with zero attached hydrogens (tertiary/aromatic N) is 2. The van der Waals surface area contributed by atoms with Crippen LogP contribution in [0.4, 0.5) is 19.0 Å². The average Bonchev–Trinajstić information content (AvgIpc) is 3.02. The van der Waals surface area contributed by atoms with E-state index in [1.165, 1.54) is 10.4 Å². The zero-order chi connectivity index (χ0) is 22.7. The minimum absolute atomic E-state index is 0.0748. The van der Waals surface area contributed by atoms with Crippen LogP contribution in [-0.4, -0.2) is 48.4 Å². The molecule has 3 aliphatic rings. The van der Waals surface area contributed by atoms with Gasteiger partial charge in [-0.05, 0) is 49.1 Å². The largest absolute Gasteiger partial charge is 0.417 e. The monoisotopic (exact) mass is 459 g/mol. The van der Waals surface area contributed by atoms with Gasteiger partial charge in [0.1, 0.15) is 11.6 Å². The number of piperidine rings is 1. The van der Waals surface area contributed by atoms with Gasteiger partial charge < -0.3 is 5.32 Å². The molecule has 1 aromatic rings. The van der Waals surface area contributed by atoms with Crippen molar-refractivity contribution in [2.75, 3.05) is 24.2 Å². The molecule has 2 bridgehead atoms. The van der Waals surface area contributed by atoms with E-state index in [2.05, 4.69) is 10.3 Å². The number of pyridine rings is 1. The highest BCUT2D eigenvalue weighted by Gasteiger charge is 2.65. The van der Waals surface area contributed by atoms with Gasteiger partial charge in [0, 0.05) is 37.2 Å². The van der Waals surface area contributed by atoms with Gasteiger partial charge >= 0.3 is 6.18 Å². The van der Waals surface area contributed by atoms with E-state index in [-0.39, 0.29) is 28.9 Å². The van der Waals surface area contributed by atoms with Crippen LogP contribution in [0.2, 0.25) is 0 Å². The molecule has 172 valence electrons. The van der Waals surface area contributed by atoms with Gasteiger partial charge in [-0.15, -0.1) is 0 Å². The number of hydrogen-bond donors (Lipinski definition) is 1. The summed E-state index contributed by atoms with van der Waals surface area (Å²) in [5, 5.41) is 3.10. The molecule has 4 rings (SSSR count). The highest BCUT2D eigenvalue weighted by atomic mass is 32.2. The van der Waals surface area contributed by atoms with Crippen molar-refractivity contribution in [1.82, 2.24) is 9.29 Å². The average molecular weight is 460 g/mol. The number of aromatic nitrogens is 1. The van der Waals surface area contributed by atoms with Gasteiger partial charge in [0.25, 0.3) is 0 Å². The maximum atomic E-state index is 13.2. The lowest BCUT2D eigenvalue weighted by atomic mass is 9.70. The van der Waals surface area contributed by atoms with Gasteiger partial charge in [-0.25, -0.2) is 17.7 Å². The summed E-state index contributed by atoms with van der Waals surface area (Å²) >= 11 is 0. The van der Waals surface area contributed by atoms with Crippen LogP contribution in [0, 0.1) is 16.7 Å². The molecule has 1 N–H and O–H groups in total. The predicted octanol–water partition coefficient (Wildman–Crippen LogP) is 3.70. The Morgan fingerprint density at radius 2 is 1.87 bits per heavy atom. The SMILES string of the molecule is CC1(C)[C@@H]2CC[C@@]1(CS(=O)(=O)N1CCC(Nc3ccc(C(F)(F)F)cn3)CC1)C(=O)C2. The van der Waals surface area contributed by atoms with Crippen molar-refractivity contribution in [2.45, 2.75) is 58.2 Å². The van der Waals surface area contributed by atoms with Crippen molar-refractivity contribution in [1.29, 1.82) is 0 Å². The van der Waals surface area contributed by atoms with E-state index in [9.17, 15) is 26.4 Å². The number of carbonyl (C=O) groups excluding carboxylic acids is 1. The van der Waals surface area contributed by atoms with Gasteiger partial charge in [-0.1, -0.05) is 13.8 Å². The number of ketones is 1. The van der Waals surface area contributed by atoms with Crippen molar-refractivity contribution in [3.8, 4) is 0 Å². The molecule has 0 aromatic carbocycles. The number of fused-ring (bicyclic) bond motifs is 2. The summed E-state index contributed by atoms with van der Waals surface area (Å²) in [6.07, 6.45) is -0.574. The Morgan fingerprint density at radius 1 is 1.19 bits per heavy atom. The Labute approximate surface area is 180 Å². The van der Waals surface area contributed by atoms with Crippen molar-refractivity contribution in [3.05, 3.63) is 23.9 Å². The van der Waals surface area contributed by atoms with Crippen LogP contribution in [0.5, 0.6) is 0 Å². The number of anilines is 1. The third-order valence-corrected chi connectivity index (χ3v) is 9.87. The van der Waals surface area contributed by atoms with E-state index in [0.29, 0.717) is 44.6 Å². The molecule has 10 heteroatoms. The fourth-order valence-electron chi connectivity index (χ4n) is 5.65. The van der Waals surface area contributed by atoms with E-state index in [1.807, 2.05) is 13.8 Å². The number of alkyl halides is 3. The second-order valence-electron chi connectivity index (χ2n) is 9.67. The summed E-state index contributed by atoms with van der Waals surface area (Å²) in [5.74, 6) is 0.563. The van der Waals surface area contributed by atoms with Gasteiger partial charge in [0.15, 0.2) is 0 Å². The molecule has 0 spiro atoms. The molecule has 6 nitrogen and oxygen atoms in total. The molecular formula is C21H28F3N3O3S. The van der Waals surface area contributed by atoms with E-state index in [4.69, 9.17) is 0 Å². The zero-order valence-corrected chi connectivity index (χ0v) is 18.5. The van der Waals surface area contributed by atoms with Crippen molar-refractivity contribution in [2.24, 2.45) is 16.7 Å². The lowest BCUT2D eigenvalue weighted by Crippen LogP contribution is -2.49. The maximum absolute atomic E-state index is 13.2. The first kappa shape index (κ1) is 22.5. The quantitative estimate of drug-likeness (QED) is 0.726. The first-order valence-electron chi connectivity index (χ1n) is 10.7.